The normalized spacial score (nSPS) is 15.7. The summed E-state index contributed by atoms with van der Waals surface area (Å²) in [7, 11) is 1.41. The van der Waals surface area contributed by atoms with Crippen LogP contribution >= 0.6 is 11.3 Å². The highest BCUT2D eigenvalue weighted by Gasteiger charge is 2.44. The molecule has 0 aliphatic carbocycles. The van der Waals surface area contributed by atoms with E-state index < -0.39 is 41.2 Å². The molecule has 18 nitrogen and oxygen atoms in total. The lowest BCUT2D eigenvalue weighted by Gasteiger charge is -2.37. The number of piperazine rings is 1. The number of carbonyl (C=O) groups is 5. The third-order valence-corrected chi connectivity index (χ3v) is 15.5. The molecule has 5 amide bonds. The Morgan fingerprint density at radius 2 is 1.62 bits per heavy atom. The Hall–Kier alpha value is -8.15. The maximum Gasteiger partial charge on any atom is 0.274 e. The largest absolute Gasteiger partial charge is 0.496 e. The predicted molar refractivity (Wildman–Crippen MR) is 304 cm³/mol. The Balaban J connectivity index is 0.776. The highest BCUT2D eigenvalue weighted by atomic mass is 32.1. The molecule has 6 aromatic rings. The minimum absolute atomic E-state index is 0.00331. The first-order valence-electron chi connectivity index (χ1n) is 27.1. The van der Waals surface area contributed by atoms with E-state index >= 15 is 0 Å². The van der Waals surface area contributed by atoms with Crippen molar-refractivity contribution in [1.29, 1.82) is 5.26 Å². The Morgan fingerprint density at radius 3 is 2.33 bits per heavy atom. The van der Waals surface area contributed by atoms with Crippen molar-refractivity contribution in [2.24, 2.45) is 5.41 Å². The molecule has 0 unspecified atom stereocenters. The molecular formula is C60H68FN11O7S. The molecule has 0 bridgehead atoms. The number of carbonyl (C=O) groups excluding carboxylic acids is 5. The number of aliphatic hydroxyl groups is 1. The monoisotopic (exact) mass is 1110 g/mol. The Morgan fingerprint density at radius 1 is 0.900 bits per heavy atom. The van der Waals surface area contributed by atoms with Crippen LogP contribution in [0.2, 0.25) is 0 Å². The molecule has 3 aromatic carbocycles. The topological polar surface area (TPSA) is 236 Å². The highest BCUT2D eigenvalue weighted by Crippen LogP contribution is 2.36. The Bertz CT molecular complexity index is 3220. The number of aromatic nitrogens is 4. The van der Waals surface area contributed by atoms with Gasteiger partial charge < -0.3 is 40.5 Å². The van der Waals surface area contributed by atoms with Gasteiger partial charge in [0.2, 0.25) is 23.6 Å². The highest BCUT2D eigenvalue weighted by molar-refractivity contribution is 7.13. The molecule has 3 aromatic heterocycles. The van der Waals surface area contributed by atoms with Crippen LogP contribution in [0.15, 0.2) is 96.9 Å². The fraction of sp³-hybridized carbons (Fsp3) is 0.400. The summed E-state index contributed by atoms with van der Waals surface area (Å²) in [6, 6.07) is 21.2. The lowest BCUT2D eigenvalue weighted by atomic mass is 9.85. The van der Waals surface area contributed by atoms with Crippen LogP contribution in [0.1, 0.15) is 106 Å². The minimum atomic E-state index is -0.905. The van der Waals surface area contributed by atoms with Crippen LogP contribution in [0.4, 0.5) is 15.8 Å². The number of amides is 5. The van der Waals surface area contributed by atoms with E-state index in [0.717, 1.165) is 59.4 Å². The first-order valence-corrected chi connectivity index (χ1v) is 27.9. The van der Waals surface area contributed by atoms with Crippen molar-refractivity contribution in [2.75, 3.05) is 50.1 Å². The summed E-state index contributed by atoms with van der Waals surface area (Å²) in [5, 5.41) is 29.4. The van der Waals surface area contributed by atoms with E-state index in [1.807, 2.05) is 68.4 Å². The summed E-state index contributed by atoms with van der Waals surface area (Å²) in [4.78, 5) is 91.9. The number of β-amino-alcohol motifs (C(OH)–C–C–N with tert-alkyl or cyclic N) is 1. The SMILES string of the molecule is COc1cccc(F)c1-c1nccc(C(=O)Nc2ccc(-c3cnccc3C#N)cc2N2CCN(C(=O)CCCCCCCCC(=O)N[C@H](C(=O)N3C[C@H](O)C[C@H]3C(=O)NCc3ccc(-c4scnc4C)cc3)C(C)(C)C)CC2)n1. The molecule has 0 radical (unpaired) electrons. The zero-order valence-corrected chi connectivity index (χ0v) is 46.7. The van der Waals surface area contributed by atoms with E-state index in [1.165, 1.54) is 36.4 Å². The summed E-state index contributed by atoms with van der Waals surface area (Å²) >= 11 is 1.57. The van der Waals surface area contributed by atoms with Gasteiger partial charge in [-0.1, -0.05) is 82.9 Å². The van der Waals surface area contributed by atoms with Gasteiger partial charge in [-0.15, -0.1) is 11.3 Å². The zero-order valence-electron chi connectivity index (χ0n) is 45.8. The molecule has 2 fully saturated rings. The van der Waals surface area contributed by atoms with Crippen LogP contribution in [0, 0.1) is 29.5 Å². The van der Waals surface area contributed by atoms with Crippen LogP contribution < -0.4 is 25.6 Å². The first kappa shape index (κ1) is 58.0. The number of unbranched alkanes of at least 4 members (excludes halogenated alkanes) is 5. The number of halogens is 1. The van der Waals surface area contributed by atoms with E-state index in [1.54, 1.807) is 48.0 Å². The van der Waals surface area contributed by atoms with Gasteiger partial charge in [0.25, 0.3) is 5.91 Å². The summed E-state index contributed by atoms with van der Waals surface area (Å²) in [5.41, 5.74) is 7.01. The van der Waals surface area contributed by atoms with Crippen molar-refractivity contribution >= 4 is 52.2 Å². The maximum atomic E-state index is 15.0. The number of aryl methyl sites for hydroxylation is 1. The number of hydrogen-bond acceptors (Lipinski definition) is 14. The third kappa shape index (κ3) is 14.4. The molecule has 3 atom stereocenters. The van der Waals surface area contributed by atoms with E-state index in [-0.39, 0.29) is 66.5 Å². The standard InChI is InChI=1S/C60H68FN11O7S/c1-38-54(80-37-66-38)40-19-17-39(18-20-40)34-65-58(77)49-32-43(73)36-72(49)59(78)55(60(2,3)4)69-51(74)15-10-8-6-7-9-11-16-52(75)71-29-27-70(28-30-71)48-31-41(44-35-63-25-23-42(44)33-62)21-22-46(48)68-57(76)47-24-26-64-56(67-47)53-45(61)13-12-14-50(53)79-5/h12-14,17-26,31,35,37,43,49,55,73H,6-11,15-16,27-30,32,34,36H2,1-5H3,(H,65,77)(H,68,76)(H,69,74)/t43-,49+,55-/m1/s1. The molecule has 5 heterocycles. The number of nitriles is 1. The summed E-state index contributed by atoms with van der Waals surface area (Å²) in [5.74, 6) is -1.89. The van der Waals surface area contributed by atoms with Crippen molar-refractivity contribution in [3.8, 4) is 44.8 Å². The van der Waals surface area contributed by atoms with Gasteiger partial charge in [0.15, 0.2) is 5.82 Å². The first-order chi connectivity index (χ1) is 38.5. The number of nitrogens with one attached hydrogen (secondary N) is 3. The van der Waals surface area contributed by atoms with Gasteiger partial charge in [-0.25, -0.2) is 19.3 Å². The smallest absolute Gasteiger partial charge is 0.274 e. The lowest BCUT2D eigenvalue weighted by molar-refractivity contribution is -0.144. The summed E-state index contributed by atoms with van der Waals surface area (Å²) < 4.78 is 20.3. The van der Waals surface area contributed by atoms with Crippen molar-refractivity contribution < 1.29 is 38.2 Å². The third-order valence-electron chi connectivity index (χ3n) is 14.5. The van der Waals surface area contributed by atoms with Crippen LogP contribution in [-0.4, -0.2) is 122 Å². The maximum absolute atomic E-state index is 15.0. The van der Waals surface area contributed by atoms with E-state index in [2.05, 4.69) is 46.9 Å². The Labute approximate surface area is 469 Å². The van der Waals surface area contributed by atoms with Gasteiger partial charge in [0, 0.05) is 82.7 Å². The van der Waals surface area contributed by atoms with Crippen molar-refractivity contribution in [1.82, 2.24) is 40.4 Å². The number of anilines is 2. The second-order valence-electron chi connectivity index (χ2n) is 21.2. The quantitative estimate of drug-likeness (QED) is 0.0496. The number of likely N-dealkylation sites (tertiary alicyclic amines) is 1. The molecule has 0 spiro atoms. The van der Waals surface area contributed by atoms with E-state index in [0.29, 0.717) is 61.5 Å². The van der Waals surface area contributed by atoms with E-state index in [9.17, 15) is 38.7 Å². The number of thiazole rings is 1. The number of ether oxygens (including phenoxy) is 1. The lowest BCUT2D eigenvalue weighted by Crippen LogP contribution is -2.57. The van der Waals surface area contributed by atoms with Gasteiger partial charge in [0.05, 0.1) is 57.9 Å². The van der Waals surface area contributed by atoms with Crippen LogP contribution in [0.3, 0.4) is 0 Å². The molecule has 418 valence electrons. The molecule has 2 saturated heterocycles. The second kappa shape index (κ2) is 26.7. The summed E-state index contributed by atoms with van der Waals surface area (Å²) in [6.07, 6.45) is 9.20. The van der Waals surface area contributed by atoms with Gasteiger partial charge >= 0.3 is 0 Å². The molecule has 80 heavy (non-hydrogen) atoms. The van der Waals surface area contributed by atoms with Gasteiger partial charge in [-0.3, -0.25) is 29.0 Å². The van der Waals surface area contributed by atoms with Crippen molar-refractivity contribution in [3.63, 3.8) is 0 Å². The predicted octanol–water partition coefficient (Wildman–Crippen LogP) is 8.49. The van der Waals surface area contributed by atoms with Gasteiger partial charge in [0.1, 0.15) is 29.3 Å². The number of aliphatic hydroxyl groups excluding tert-OH is 1. The molecule has 2 aliphatic heterocycles. The van der Waals surface area contributed by atoms with Crippen LogP contribution in [-0.2, 0) is 25.7 Å². The number of methoxy groups -OCH3 is 1. The number of nitrogens with zero attached hydrogens (tertiary/aromatic N) is 8. The van der Waals surface area contributed by atoms with Crippen molar-refractivity contribution in [3.05, 3.63) is 125 Å². The average Bonchev–Trinajstić information content (AvgIpc) is 4.12. The van der Waals surface area contributed by atoms with Crippen molar-refractivity contribution in [2.45, 2.75) is 110 Å². The molecule has 20 heteroatoms. The number of benzene rings is 3. The number of rotatable bonds is 21. The molecular weight excluding hydrogens is 1040 g/mol. The molecule has 0 saturated carbocycles. The fourth-order valence-electron chi connectivity index (χ4n) is 10.1. The molecule has 2 aliphatic rings. The molecule has 8 rings (SSSR count). The van der Waals surface area contributed by atoms with Crippen LogP contribution in [0.25, 0.3) is 33.0 Å². The fourth-order valence-corrected chi connectivity index (χ4v) is 10.9. The van der Waals surface area contributed by atoms with Gasteiger partial charge in [-0.05, 0) is 78.3 Å². The van der Waals surface area contributed by atoms with Gasteiger partial charge in [-0.2, -0.15) is 5.26 Å². The summed E-state index contributed by atoms with van der Waals surface area (Å²) in [6.45, 7) is 9.68. The number of hydrogen-bond donors (Lipinski definition) is 4. The van der Waals surface area contributed by atoms with Crippen LogP contribution in [0.5, 0.6) is 5.75 Å². The average molecular weight is 1110 g/mol. The zero-order chi connectivity index (χ0) is 56.9. The Kier molecular flexibility index (Phi) is 19.3. The molecule has 4 N–H and O–H groups in total. The van der Waals surface area contributed by atoms with E-state index in [4.69, 9.17) is 4.74 Å². The minimum Gasteiger partial charge on any atom is -0.496 e. The second-order valence-corrected chi connectivity index (χ2v) is 22.1. The number of pyridine rings is 1.